The summed E-state index contributed by atoms with van der Waals surface area (Å²) in [7, 11) is 0. The van der Waals surface area contributed by atoms with Crippen LogP contribution in [0.1, 0.15) is 18.9 Å². The van der Waals surface area contributed by atoms with Crippen molar-refractivity contribution in [3.05, 3.63) is 63.1 Å². The van der Waals surface area contributed by atoms with Gasteiger partial charge in [0.25, 0.3) is 5.91 Å². The van der Waals surface area contributed by atoms with E-state index in [9.17, 15) is 4.79 Å². The lowest BCUT2D eigenvalue weighted by molar-refractivity contribution is -0.123. The minimum atomic E-state index is -0.388. The molecule has 0 heterocycles. The molecule has 1 N–H and O–H groups in total. The molecule has 0 aliphatic rings. The number of nitrogens with zero attached hydrogens (tertiary/aromatic N) is 1. The second-order valence-electron chi connectivity index (χ2n) is 4.82. The number of carbonyl (C=O) groups is 1. The molecule has 0 bridgehead atoms. The molecule has 0 saturated heterocycles. The van der Waals surface area contributed by atoms with Gasteiger partial charge in [-0.1, -0.05) is 53.9 Å². The van der Waals surface area contributed by atoms with Crippen LogP contribution in [0.3, 0.4) is 0 Å². The van der Waals surface area contributed by atoms with Crippen molar-refractivity contribution in [1.29, 1.82) is 0 Å². The SMILES string of the molecule is CCC(=NNC(=O)COc1ccc(Cl)cc1Cl)c1ccc(Cl)cc1. The van der Waals surface area contributed by atoms with E-state index >= 15 is 0 Å². The van der Waals surface area contributed by atoms with Gasteiger partial charge in [-0.2, -0.15) is 5.10 Å². The summed E-state index contributed by atoms with van der Waals surface area (Å²) in [6.07, 6.45) is 0.659. The third kappa shape index (κ3) is 5.41. The number of benzene rings is 2. The first kappa shape index (κ1) is 18.6. The summed E-state index contributed by atoms with van der Waals surface area (Å²) in [5, 5.41) is 5.61. The van der Waals surface area contributed by atoms with Crippen LogP contribution >= 0.6 is 34.8 Å². The Morgan fingerprint density at radius 1 is 1.08 bits per heavy atom. The highest BCUT2D eigenvalue weighted by Gasteiger charge is 2.07. The van der Waals surface area contributed by atoms with Gasteiger partial charge in [-0.15, -0.1) is 0 Å². The minimum Gasteiger partial charge on any atom is -0.482 e. The van der Waals surface area contributed by atoms with Crippen LogP contribution in [0.2, 0.25) is 15.1 Å². The highest BCUT2D eigenvalue weighted by Crippen LogP contribution is 2.27. The van der Waals surface area contributed by atoms with Crippen LogP contribution in [0.15, 0.2) is 47.6 Å². The molecular weight excluding hydrogens is 371 g/mol. The van der Waals surface area contributed by atoms with E-state index in [1.807, 2.05) is 19.1 Å². The van der Waals surface area contributed by atoms with E-state index in [4.69, 9.17) is 39.5 Å². The van der Waals surface area contributed by atoms with Gasteiger partial charge >= 0.3 is 0 Å². The second-order valence-corrected chi connectivity index (χ2v) is 6.10. The fraction of sp³-hybridized carbons (Fsp3) is 0.176. The molecule has 0 spiro atoms. The number of hydrazone groups is 1. The summed E-state index contributed by atoms with van der Waals surface area (Å²) in [5.74, 6) is -0.00505. The molecule has 0 aliphatic heterocycles. The number of halogens is 3. The van der Waals surface area contributed by atoms with Crippen LogP contribution < -0.4 is 10.2 Å². The van der Waals surface area contributed by atoms with E-state index in [1.54, 1.807) is 30.3 Å². The first-order chi connectivity index (χ1) is 11.5. The van der Waals surface area contributed by atoms with Gasteiger partial charge in [-0.25, -0.2) is 5.43 Å². The summed E-state index contributed by atoms with van der Waals surface area (Å²) in [6, 6.07) is 12.0. The van der Waals surface area contributed by atoms with Crippen molar-refractivity contribution in [3.8, 4) is 5.75 Å². The van der Waals surface area contributed by atoms with Gasteiger partial charge in [0.2, 0.25) is 0 Å². The zero-order valence-electron chi connectivity index (χ0n) is 12.9. The monoisotopic (exact) mass is 384 g/mol. The standard InChI is InChI=1S/C17H15Cl3N2O2/c1-2-15(11-3-5-12(18)6-4-11)21-22-17(23)10-24-16-8-7-13(19)9-14(16)20/h3-9H,2,10H2,1H3,(H,22,23). The van der Waals surface area contributed by atoms with Crippen molar-refractivity contribution in [2.45, 2.75) is 13.3 Å². The Morgan fingerprint density at radius 3 is 2.38 bits per heavy atom. The van der Waals surface area contributed by atoms with Crippen LogP contribution in [0.4, 0.5) is 0 Å². The van der Waals surface area contributed by atoms with Gasteiger partial charge in [-0.05, 0) is 42.3 Å². The summed E-state index contributed by atoms with van der Waals surface area (Å²) < 4.78 is 5.35. The maximum absolute atomic E-state index is 11.9. The lowest BCUT2D eigenvalue weighted by Gasteiger charge is -2.08. The average Bonchev–Trinajstić information content (AvgIpc) is 2.56. The molecule has 0 atom stereocenters. The van der Waals surface area contributed by atoms with E-state index in [0.717, 1.165) is 11.3 Å². The minimum absolute atomic E-state index is 0.206. The number of hydrogen-bond donors (Lipinski definition) is 1. The molecule has 0 aromatic heterocycles. The largest absolute Gasteiger partial charge is 0.482 e. The quantitative estimate of drug-likeness (QED) is 0.564. The van der Waals surface area contributed by atoms with Crippen molar-refractivity contribution >= 4 is 46.4 Å². The molecule has 7 heteroatoms. The lowest BCUT2D eigenvalue weighted by Crippen LogP contribution is -2.26. The van der Waals surface area contributed by atoms with E-state index in [1.165, 1.54) is 0 Å². The topological polar surface area (TPSA) is 50.7 Å². The van der Waals surface area contributed by atoms with Crippen molar-refractivity contribution < 1.29 is 9.53 Å². The van der Waals surface area contributed by atoms with E-state index in [0.29, 0.717) is 27.2 Å². The van der Waals surface area contributed by atoms with Crippen molar-refractivity contribution in [1.82, 2.24) is 5.43 Å². The smallest absolute Gasteiger partial charge is 0.277 e. The van der Waals surface area contributed by atoms with Crippen molar-refractivity contribution in [2.24, 2.45) is 5.10 Å². The number of carbonyl (C=O) groups excluding carboxylic acids is 1. The summed E-state index contributed by atoms with van der Waals surface area (Å²) in [6.45, 7) is 1.74. The Kier molecular flexibility index (Phi) is 6.91. The van der Waals surface area contributed by atoms with E-state index in [2.05, 4.69) is 10.5 Å². The highest BCUT2D eigenvalue weighted by molar-refractivity contribution is 6.35. The number of rotatable bonds is 6. The van der Waals surface area contributed by atoms with Crippen LogP contribution in [0.5, 0.6) is 5.75 Å². The number of hydrogen-bond acceptors (Lipinski definition) is 3. The summed E-state index contributed by atoms with van der Waals surface area (Å²) in [4.78, 5) is 11.9. The zero-order valence-corrected chi connectivity index (χ0v) is 15.1. The molecule has 0 saturated carbocycles. The van der Waals surface area contributed by atoms with Crippen LogP contribution in [-0.4, -0.2) is 18.2 Å². The first-order valence-corrected chi connectivity index (χ1v) is 8.32. The third-order valence-electron chi connectivity index (χ3n) is 3.08. The Morgan fingerprint density at radius 2 is 1.75 bits per heavy atom. The number of amides is 1. The Hall–Kier alpha value is -1.75. The first-order valence-electron chi connectivity index (χ1n) is 7.18. The second kappa shape index (κ2) is 8.92. The fourth-order valence-electron chi connectivity index (χ4n) is 1.89. The molecule has 2 aromatic rings. The van der Waals surface area contributed by atoms with Gasteiger partial charge in [-0.3, -0.25) is 4.79 Å². The zero-order chi connectivity index (χ0) is 17.5. The molecule has 0 fully saturated rings. The predicted octanol–water partition coefficient (Wildman–Crippen LogP) is 4.96. The van der Waals surface area contributed by atoms with Crippen molar-refractivity contribution in [3.63, 3.8) is 0 Å². The molecule has 0 unspecified atom stereocenters. The highest BCUT2D eigenvalue weighted by atomic mass is 35.5. The molecule has 2 rings (SSSR count). The van der Waals surface area contributed by atoms with Gasteiger partial charge < -0.3 is 4.74 Å². The average molecular weight is 386 g/mol. The lowest BCUT2D eigenvalue weighted by atomic mass is 10.1. The van der Waals surface area contributed by atoms with E-state index < -0.39 is 0 Å². The van der Waals surface area contributed by atoms with Gasteiger partial charge in [0.1, 0.15) is 5.75 Å². The molecular formula is C17H15Cl3N2O2. The number of nitrogens with one attached hydrogen (secondary N) is 1. The molecule has 126 valence electrons. The van der Waals surface area contributed by atoms with Crippen LogP contribution in [-0.2, 0) is 4.79 Å². The molecule has 24 heavy (non-hydrogen) atoms. The summed E-state index contributed by atoms with van der Waals surface area (Å²) >= 11 is 17.6. The van der Waals surface area contributed by atoms with Gasteiger partial charge in [0, 0.05) is 10.0 Å². The fourth-order valence-corrected chi connectivity index (χ4v) is 2.48. The van der Waals surface area contributed by atoms with Crippen molar-refractivity contribution in [2.75, 3.05) is 6.61 Å². The van der Waals surface area contributed by atoms with Gasteiger partial charge in [0.15, 0.2) is 6.61 Å². The maximum atomic E-state index is 11.9. The molecule has 0 radical (unpaired) electrons. The Balaban J connectivity index is 1.94. The predicted molar refractivity (Wildman–Crippen MR) is 98.4 cm³/mol. The molecule has 4 nitrogen and oxygen atoms in total. The van der Waals surface area contributed by atoms with E-state index in [-0.39, 0.29) is 12.5 Å². The molecule has 0 aliphatic carbocycles. The molecule has 1 amide bonds. The Labute approximate surface area is 155 Å². The molecule has 2 aromatic carbocycles. The number of ether oxygens (including phenoxy) is 1. The Bertz CT molecular complexity index is 746. The van der Waals surface area contributed by atoms with Crippen LogP contribution in [0, 0.1) is 0 Å². The summed E-state index contributed by atoms with van der Waals surface area (Å²) in [5.41, 5.74) is 4.10. The van der Waals surface area contributed by atoms with Crippen LogP contribution in [0.25, 0.3) is 0 Å². The third-order valence-corrected chi connectivity index (χ3v) is 3.86. The van der Waals surface area contributed by atoms with Gasteiger partial charge in [0.05, 0.1) is 10.7 Å². The maximum Gasteiger partial charge on any atom is 0.277 e. The normalized spacial score (nSPS) is 11.2.